The number of phosphoric ester groups is 1. The minimum Gasteiger partial charge on any atom is -0.453 e. The molecule has 0 fully saturated rings. The van der Waals surface area contributed by atoms with Gasteiger partial charge in [0.2, 0.25) is 5.72 Å². The summed E-state index contributed by atoms with van der Waals surface area (Å²) in [6.45, 7) is 0.193. The van der Waals surface area contributed by atoms with Crippen LogP contribution < -0.4 is 0 Å². The summed E-state index contributed by atoms with van der Waals surface area (Å²) in [5.41, 5.74) is -0.000565. The molecule has 1 amide bonds. The van der Waals surface area contributed by atoms with Gasteiger partial charge in [-0.15, -0.1) is 0 Å². The van der Waals surface area contributed by atoms with E-state index in [9.17, 15) is 19.1 Å². The Morgan fingerprint density at radius 2 is 1.76 bits per heavy atom. The maximum atomic E-state index is 12.4. The molecule has 1 atom stereocenters. The van der Waals surface area contributed by atoms with Gasteiger partial charge in [-0.25, -0.2) is 9.36 Å². The Kier molecular flexibility index (Phi) is 4.67. The first-order valence-corrected chi connectivity index (χ1v) is 9.17. The average molecular weight is 363 g/mol. The molecule has 1 heterocycles. The van der Waals surface area contributed by atoms with Gasteiger partial charge in [0.25, 0.3) is 0 Å². The van der Waals surface area contributed by atoms with Crippen molar-refractivity contribution in [3.05, 3.63) is 71.3 Å². The van der Waals surface area contributed by atoms with Gasteiger partial charge in [0.15, 0.2) is 0 Å². The maximum Gasteiger partial charge on any atom is 0.472 e. The number of ether oxygens (including phenoxy) is 1. The van der Waals surface area contributed by atoms with Crippen LogP contribution in [-0.2, 0) is 26.0 Å². The number of fused-ring (bicyclic) bond motifs is 1. The van der Waals surface area contributed by atoms with Crippen molar-refractivity contribution in [2.75, 3.05) is 13.7 Å². The molecule has 0 radical (unpaired) electrons. The van der Waals surface area contributed by atoms with Crippen LogP contribution >= 0.6 is 7.82 Å². The standard InChI is InChI=1S/C17H18NO6P/c1-23-16(19)18-12-11-13-7-5-6-10-15(13)17(18,24-25(20,21)22)14-8-3-2-4-9-14/h2-10H,11-12H2,1H3,(H2,20,21,22)/t17-/m1/s1. The molecule has 132 valence electrons. The smallest absolute Gasteiger partial charge is 0.453 e. The average Bonchev–Trinajstić information content (AvgIpc) is 2.61. The van der Waals surface area contributed by atoms with Gasteiger partial charge in [-0.1, -0.05) is 54.6 Å². The first-order valence-electron chi connectivity index (χ1n) is 7.64. The van der Waals surface area contributed by atoms with Crippen molar-refractivity contribution in [1.29, 1.82) is 0 Å². The molecule has 0 aliphatic carbocycles. The zero-order valence-corrected chi connectivity index (χ0v) is 14.4. The number of hydrogen-bond donors (Lipinski definition) is 2. The zero-order chi connectivity index (χ0) is 18.1. The molecule has 0 saturated heterocycles. The fourth-order valence-electron chi connectivity index (χ4n) is 3.23. The van der Waals surface area contributed by atoms with Crippen molar-refractivity contribution >= 4 is 13.9 Å². The molecule has 1 aliphatic rings. The number of rotatable bonds is 3. The lowest BCUT2D eigenvalue weighted by molar-refractivity contribution is -0.0685. The van der Waals surface area contributed by atoms with Crippen LogP contribution in [0.1, 0.15) is 16.7 Å². The number of carbonyl (C=O) groups is 1. The molecule has 8 heteroatoms. The van der Waals surface area contributed by atoms with Crippen LogP contribution in [-0.4, -0.2) is 34.4 Å². The number of amides is 1. The van der Waals surface area contributed by atoms with Crippen molar-refractivity contribution in [2.24, 2.45) is 0 Å². The zero-order valence-electron chi connectivity index (χ0n) is 13.5. The van der Waals surface area contributed by atoms with E-state index in [-0.39, 0.29) is 6.54 Å². The lowest BCUT2D eigenvalue weighted by Gasteiger charge is -2.46. The predicted octanol–water partition coefficient (Wildman–Crippen LogP) is 2.62. The monoisotopic (exact) mass is 363 g/mol. The van der Waals surface area contributed by atoms with E-state index in [1.54, 1.807) is 42.5 Å². The van der Waals surface area contributed by atoms with E-state index in [0.29, 0.717) is 17.5 Å². The lowest BCUT2D eigenvalue weighted by atomic mass is 9.85. The Bertz CT molecular complexity index is 821. The fourth-order valence-corrected chi connectivity index (χ4v) is 3.88. The normalized spacial score (nSPS) is 20.0. The Balaban J connectivity index is 2.33. The number of phosphoric acid groups is 1. The van der Waals surface area contributed by atoms with Crippen LogP contribution in [0.4, 0.5) is 4.79 Å². The van der Waals surface area contributed by atoms with Gasteiger partial charge in [-0.3, -0.25) is 9.42 Å². The summed E-state index contributed by atoms with van der Waals surface area (Å²) in [6, 6.07) is 15.6. The molecule has 2 aromatic carbocycles. The summed E-state index contributed by atoms with van der Waals surface area (Å²) in [5, 5.41) is 0. The maximum absolute atomic E-state index is 12.4. The first kappa shape index (κ1) is 17.6. The van der Waals surface area contributed by atoms with Crippen LogP contribution in [0.15, 0.2) is 54.6 Å². The van der Waals surface area contributed by atoms with E-state index >= 15 is 0 Å². The van der Waals surface area contributed by atoms with Crippen molar-refractivity contribution in [2.45, 2.75) is 12.1 Å². The van der Waals surface area contributed by atoms with E-state index in [1.807, 2.05) is 12.1 Å². The van der Waals surface area contributed by atoms with Gasteiger partial charge in [0, 0.05) is 17.7 Å². The predicted molar refractivity (Wildman–Crippen MR) is 89.6 cm³/mol. The number of benzene rings is 2. The van der Waals surface area contributed by atoms with Crippen molar-refractivity contribution in [1.82, 2.24) is 4.90 Å². The largest absolute Gasteiger partial charge is 0.472 e. The van der Waals surface area contributed by atoms with E-state index in [2.05, 4.69) is 0 Å². The molecule has 0 spiro atoms. The Hall–Kier alpha value is -2.18. The third kappa shape index (κ3) is 3.19. The van der Waals surface area contributed by atoms with Crippen molar-refractivity contribution < 1.29 is 28.4 Å². The van der Waals surface area contributed by atoms with Crippen LogP contribution in [0.25, 0.3) is 0 Å². The molecule has 2 aromatic rings. The summed E-state index contributed by atoms with van der Waals surface area (Å²) in [6.07, 6.45) is -0.212. The molecule has 0 saturated carbocycles. The molecule has 0 unspecified atom stereocenters. The van der Waals surface area contributed by atoms with Crippen LogP contribution in [0, 0.1) is 0 Å². The molecular weight excluding hydrogens is 345 g/mol. The second-order valence-corrected chi connectivity index (χ2v) is 6.78. The molecular formula is C17H18NO6P. The van der Waals surface area contributed by atoms with Crippen LogP contribution in [0.3, 0.4) is 0 Å². The quantitative estimate of drug-likeness (QED) is 0.814. The van der Waals surface area contributed by atoms with Crippen LogP contribution in [0.5, 0.6) is 0 Å². The molecule has 25 heavy (non-hydrogen) atoms. The molecule has 0 bridgehead atoms. The second-order valence-electron chi connectivity index (χ2n) is 5.62. The topological polar surface area (TPSA) is 96.3 Å². The second kappa shape index (κ2) is 6.61. The molecule has 2 N–H and O–H groups in total. The highest BCUT2D eigenvalue weighted by Gasteiger charge is 2.52. The third-order valence-electron chi connectivity index (χ3n) is 4.18. The molecule has 1 aliphatic heterocycles. The highest BCUT2D eigenvalue weighted by molar-refractivity contribution is 7.46. The minimum absolute atomic E-state index is 0.193. The van der Waals surface area contributed by atoms with Crippen molar-refractivity contribution in [3.63, 3.8) is 0 Å². The van der Waals surface area contributed by atoms with Gasteiger partial charge in [-0.2, -0.15) is 0 Å². The molecule has 3 rings (SSSR count). The highest BCUT2D eigenvalue weighted by Crippen LogP contribution is 2.52. The summed E-state index contributed by atoms with van der Waals surface area (Å²) >= 11 is 0. The SMILES string of the molecule is COC(=O)N1CCc2ccccc2[C@]1(OP(=O)(O)O)c1ccccc1. The number of methoxy groups -OCH3 is 1. The Morgan fingerprint density at radius 3 is 2.40 bits per heavy atom. The lowest BCUT2D eigenvalue weighted by Crippen LogP contribution is -2.55. The van der Waals surface area contributed by atoms with E-state index in [1.165, 1.54) is 12.0 Å². The summed E-state index contributed by atoms with van der Waals surface area (Å²) in [4.78, 5) is 32.8. The fraction of sp³-hybridized carbons (Fsp3) is 0.235. The third-order valence-corrected chi connectivity index (χ3v) is 4.68. The van der Waals surface area contributed by atoms with E-state index in [0.717, 1.165) is 5.56 Å². The summed E-state index contributed by atoms with van der Waals surface area (Å²) < 4.78 is 22.0. The van der Waals surface area contributed by atoms with Gasteiger partial charge >= 0.3 is 13.9 Å². The van der Waals surface area contributed by atoms with Gasteiger partial charge in [-0.05, 0) is 12.0 Å². The summed E-state index contributed by atoms with van der Waals surface area (Å²) in [5.74, 6) is 0. The van der Waals surface area contributed by atoms with Gasteiger partial charge < -0.3 is 14.5 Å². The van der Waals surface area contributed by atoms with Crippen LogP contribution in [0.2, 0.25) is 0 Å². The Labute approximate surface area is 145 Å². The first-order chi connectivity index (χ1) is 11.9. The number of hydrogen-bond acceptors (Lipinski definition) is 4. The highest BCUT2D eigenvalue weighted by atomic mass is 31.2. The Morgan fingerprint density at radius 1 is 1.12 bits per heavy atom. The van der Waals surface area contributed by atoms with Gasteiger partial charge in [0.05, 0.1) is 7.11 Å². The molecule has 0 aromatic heterocycles. The van der Waals surface area contributed by atoms with E-state index < -0.39 is 19.6 Å². The minimum atomic E-state index is -4.96. The van der Waals surface area contributed by atoms with Gasteiger partial charge in [0.1, 0.15) is 0 Å². The number of nitrogens with zero attached hydrogens (tertiary/aromatic N) is 1. The van der Waals surface area contributed by atoms with E-state index in [4.69, 9.17) is 9.26 Å². The summed E-state index contributed by atoms with van der Waals surface area (Å²) in [7, 11) is -3.74. The molecule has 7 nitrogen and oxygen atoms in total. The number of carbonyl (C=O) groups excluding carboxylic acids is 1. The van der Waals surface area contributed by atoms with Crippen molar-refractivity contribution in [3.8, 4) is 0 Å².